The van der Waals surface area contributed by atoms with Crippen LogP contribution in [0.3, 0.4) is 0 Å². The number of rotatable bonds is 3. The average Bonchev–Trinajstić information content (AvgIpc) is 2.56. The number of hydrogen-bond donors (Lipinski definition) is 1. The van der Waals surface area contributed by atoms with Crippen molar-refractivity contribution in [2.24, 2.45) is 10.7 Å². The van der Waals surface area contributed by atoms with Gasteiger partial charge in [0.1, 0.15) is 16.7 Å². The molecule has 0 atom stereocenters. The molecule has 24 heavy (non-hydrogen) atoms. The van der Waals surface area contributed by atoms with Crippen LogP contribution in [-0.2, 0) is 0 Å². The van der Waals surface area contributed by atoms with E-state index in [0.717, 1.165) is 5.56 Å². The van der Waals surface area contributed by atoms with Crippen LogP contribution in [0.4, 0.5) is 0 Å². The van der Waals surface area contributed by atoms with Gasteiger partial charge in [0, 0.05) is 16.8 Å². The molecular formula is C18H22ClN3O2. The largest absolute Gasteiger partial charge is 0.496 e. The Morgan fingerprint density at radius 3 is 2.42 bits per heavy atom. The van der Waals surface area contributed by atoms with Crippen molar-refractivity contribution in [3.05, 3.63) is 57.9 Å². The van der Waals surface area contributed by atoms with Crippen molar-refractivity contribution in [1.29, 1.82) is 0 Å². The van der Waals surface area contributed by atoms with Crippen LogP contribution in [-0.4, -0.2) is 23.8 Å². The van der Waals surface area contributed by atoms with E-state index < -0.39 is 5.91 Å². The molecule has 0 fully saturated rings. The standard InChI is InChI=1S/C16H16ClN3O2.C2H6/c1-9-4-5-11(7-13(9)22-3)15(18)20-16(21)12-6-10(2)19-14(17)8-12;1-2/h4-8H,1-3H3,(H2,18,20,21);1-2H3. The molecule has 0 radical (unpaired) electrons. The first-order chi connectivity index (χ1) is 11.4. The van der Waals surface area contributed by atoms with Crippen molar-refractivity contribution in [2.75, 3.05) is 7.11 Å². The molecule has 0 unspecified atom stereocenters. The van der Waals surface area contributed by atoms with Crippen molar-refractivity contribution in [3.8, 4) is 5.75 Å². The van der Waals surface area contributed by atoms with Gasteiger partial charge in [0.2, 0.25) is 0 Å². The lowest BCUT2D eigenvalue weighted by Crippen LogP contribution is -2.16. The first kappa shape index (κ1) is 19.6. The first-order valence-electron chi connectivity index (χ1n) is 7.58. The third kappa shape index (κ3) is 5.06. The zero-order valence-corrected chi connectivity index (χ0v) is 15.3. The minimum absolute atomic E-state index is 0.119. The van der Waals surface area contributed by atoms with E-state index in [2.05, 4.69) is 9.98 Å². The van der Waals surface area contributed by atoms with Crippen molar-refractivity contribution in [2.45, 2.75) is 27.7 Å². The van der Waals surface area contributed by atoms with Crippen LogP contribution in [0.15, 0.2) is 35.3 Å². The molecule has 1 heterocycles. The number of amidine groups is 1. The molecule has 1 aromatic carbocycles. The van der Waals surface area contributed by atoms with Gasteiger partial charge in [-0.15, -0.1) is 0 Å². The highest BCUT2D eigenvalue weighted by molar-refractivity contribution is 6.29. The summed E-state index contributed by atoms with van der Waals surface area (Å²) < 4.78 is 5.24. The summed E-state index contributed by atoms with van der Waals surface area (Å²) in [6, 6.07) is 8.46. The molecule has 1 aromatic heterocycles. The molecule has 2 N–H and O–H groups in total. The first-order valence-corrected chi connectivity index (χ1v) is 7.96. The van der Waals surface area contributed by atoms with Gasteiger partial charge in [-0.1, -0.05) is 37.6 Å². The Balaban J connectivity index is 0.00000139. The van der Waals surface area contributed by atoms with Crippen LogP contribution in [0.5, 0.6) is 5.75 Å². The number of amides is 1. The highest BCUT2D eigenvalue weighted by atomic mass is 35.5. The summed E-state index contributed by atoms with van der Waals surface area (Å²) in [5.74, 6) is 0.337. The SMILES string of the molecule is CC.COc1cc(C(N)=NC(=O)c2cc(C)nc(Cl)c2)ccc1C. The van der Waals surface area contributed by atoms with E-state index in [1.165, 1.54) is 6.07 Å². The highest BCUT2D eigenvalue weighted by Gasteiger charge is 2.10. The van der Waals surface area contributed by atoms with Crippen LogP contribution < -0.4 is 10.5 Å². The zero-order chi connectivity index (χ0) is 18.3. The minimum atomic E-state index is -0.468. The molecule has 0 aliphatic rings. The van der Waals surface area contributed by atoms with Crippen molar-refractivity contribution in [3.63, 3.8) is 0 Å². The second-order valence-corrected chi connectivity index (χ2v) is 5.19. The molecule has 5 nitrogen and oxygen atoms in total. The van der Waals surface area contributed by atoms with E-state index in [4.69, 9.17) is 22.1 Å². The van der Waals surface area contributed by atoms with Gasteiger partial charge in [0.15, 0.2) is 0 Å². The highest BCUT2D eigenvalue weighted by Crippen LogP contribution is 2.19. The number of aromatic nitrogens is 1. The van der Waals surface area contributed by atoms with Gasteiger partial charge >= 0.3 is 0 Å². The molecule has 0 saturated heterocycles. The van der Waals surface area contributed by atoms with Gasteiger partial charge < -0.3 is 10.5 Å². The fraction of sp³-hybridized carbons (Fsp3) is 0.278. The lowest BCUT2D eigenvalue weighted by molar-refractivity contribution is 0.100. The summed E-state index contributed by atoms with van der Waals surface area (Å²) in [4.78, 5) is 20.1. The zero-order valence-electron chi connectivity index (χ0n) is 14.6. The summed E-state index contributed by atoms with van der Waals surface area (Å²) in [5, 5.41) is 0.245. The van der Waals surface area contributed by atoms with Crippen LogP contribution in [0, 0.1) is 13.8 Å². The summed E-state index contributed by atoms with van der Waals surface area (Å²) in [6.07, 6.45) is 0. The van der Waals surface area contributed by atoms with Crippen molar-refractivity contribution in [1.82, 2.24) is 4.98 Å². The van der Waals surface area contributed by atoms with E-state index in [-0.39, 0.29) is 11.0 Å². The Bertz CT molecular complexity index is 738. The maximum absolute atomic E-state index is 12.2. The molecule has 0 bridgehead atoms. The molecule has 128 valence electrons. The normalized spacial score (nSPS) is 10.7. The van der Waals surface area contributed by atoms with Gasteiger partial charge in [-0.25, -0.2) is 4.98 Å². The van der Waals surface area contributed by atoms with Gasteiger partial charge in [-0.3, -0.25) is 4.79 Å². The Morgan fingerprint density at radius 1 is 1.17 bits per heavy atom. The van der Waals surface area contributed by atoms with E-state index in [0.29, 0.717) is 22.6 Å². The van der Waals surface area contributed by atoms with Gasteiger partial charge in [0.25, 0.3) is 5.91 Å². The number of benzene rings is 1. The lowest BCUT2D eigenvalue weighted by atomic mass is 10.1. The molecule has 2 rings (SSSR count). The molecule has 0 saturated carbocycles. The van der Waals surface area contributed by atoms with E-state index in [1.807, 2.05) is 26.8 Å². The number of halogens is 1. The van der Waals surface area contributed by atoms with Crippen LogP contribution in [0.2, 0.25) is 5.15 Å². The predicted molar refractivity (Wildman–Crippen MR) is 98.1 cm³/mol. The number of pyridine rings is 1. The Hall–Kier alpha value is -2.40. The topological polar surface area (TPSA) is 77.6 Å². The number of aliphatic imine (C=N–C) groups is 1. The number of hydrogen-bond acceptors (Lipinski definition) is 3. The second kappa shape index (κ2) is 9.03. The number of carbonyl (C=O) groups is 1. The molecule has 1 amide bonds. The number of methoxy groups -OCH3 is 1. The summed E-state index contributed by atoms with van der Waals surface area (Å²) in [5.41, 5.74) is 8.49. The van der Waals surface area contributed by atoms with Crippen molar-refractivity contribution >= 4 is 23.3 Å². The van der Waals surface area contributed by atoms with Crippen LogP contribution in [0.25, 0.3) is 0 Å². The predicted octanol–water partition coefficient (Wildman–Crippen LogP) is 3.93. The van der Waals surface area contributed by atoms with Crippen LogP contribution >= 0.6 is 11.6 Å². The monoisotopic (exact) mass is 347 g/mol. The van der Waals surface area contributed by atoms with E-state index >= 15 is 0 Å². The number of carbonyl (C=O) groups excluding carboxylic acids is 1. The van der Waals surface area contributed by atoms with Crippen LogP contribution in [0.1, 0.15) is 41.0 Å². The Labute approximate surface area is 147 Å². The number of nitrogens with two attached hydrogens (primary N) is 1. The maximum Gasteiger partial charge on any atom is 0.279 e. The fourth-order valence-electron chi connectivity index (χ4n) is 1.97. The molecule has 0 spiro atoms. The second-order valence-electron chi connectivity index (χ2n) is 4.81. The molecular weight excluding hydrogens is 326 g/mol. The average molecular weight is 348 g/mol. The lowest BCUT2D eigenvalue weighted by Gasteiger charge is -2.07. The maximum atomic E-state index is 12.2. The smallest absolute Gasteiger partial charge is 0.279 e. The summed E-state index contributed by atoms with van der Waals surface area (Å²) in [7, 11) is 1.58. The van der Waals surface area contributed by atoms with Gasteiger partial charge in [0.05, 0.1) is 7.11 Å². The Kier molecular flexibility index (Phi) is 7.39. The summed E-state index contributed by atoms with van der Waals surface area (Å²) >= 11 is 5.85. The number of nitrogens with zero attached hydrogens (tertiary/aromatic N) is 2. The quantitative estimate of drug-likeness (QED) is 0.518. The Morgan fingerprint density at radius 2 is 1.83 bits per heavy atom. The van der Waals surface area contributed by atoms with E-state index in [1.54, 1.807) is 32.2 Å². The molecule has 0 aliphatic heterocycles. The third-order valence-corrected chi connectivity index (χ3v) is 3.29. The minimum Gasteiger partial charge on any atom is -0.496 e. The molecule has 2 aromatic rings. The van der Waals surface area contributed by atoms with Gasteiger partial charge in [-0.2, -0.15) is 4.99 Å². The number of aryl methyl sites for hydroxylation is 2. The number of ether oxygens (including phenoxy) is 1. The third-order valence-electron chi connectivity index (χ3n) is 3.09. The fourth-order valence-corrected chi connectivity index (χ4v) is 2.22. The van der Waals surface area contributed by atoms with E-state index in [9.17, 15) is 4.79 Å². The summed E-state index contributed by atoms with van der Waals surface area (Å²) in [6.45, 7) is 7.67. The van der Waals surface area contributed by atoms with Crippen molar-refractivity contribution < 1.29 is 9.53 Å². The van der Waals surface area contributed by atoms with Gasteiger partial charge in [-0.05, 0) is 37.6 Å². The molecule has 0 aliphatic carbocycles. The molecule has 6 heteroatoms.